The fourth-order valence-electron chi connectivity index (χ4n) is 4.43. The van der Waals surface area contributed by atoms with Crippen molar-refractivity contribution in [2.75, 3.05) is 16.8 Å². The largest absolute Gasteiger partial charge is 0.365 e. The van der Waals surface area contributed by atoms with Crippen LogP contribution in [0.3, 0.4) is 0 Å². The Morgan fingerprint density at radius 1 is 0.970 bits per heavy atom. The maximum absolute atomic E-state index is 15.1. The van der Waals surface area contributed by atoms with Crippen LogP contribution in [0.5, 0.6) is 0 Å². The third-order valence-corrected chi connectivity index (χ3v) is 6.20. The summed E-state index contributed by atoms with van der Waals surface area (Å²) in [5, 5.41) is 2.19. The predicted octanol–water partition coefficient (Wildman–Crippen LogP) is 4.74. The second kappa shape index (κ2) is 7.69. The number of hydrogen-bond donors (Lipinski definition) is 1. The third-order valence-electron chi connectivity index (χ3n) is 6.20. The number of urea groups is 1. The number of nitrogens with one attached hydrogen (secondary N) is 1. The number of anilines is 2. The summed E-state index contributed by atoms with van der Waals surface area (Å²) in [6, 6.07) is 7.49. The first-order valence-electron chi connectivity index (χ1n) is 10.7. The molecule has 2 heterocycles. The lowest BCUT2D eigenvalue weighted by atomic mass is 9.88. The molecule has 1 N–H and O–H groups in total. The first-order valence-corrected chi connectivity index (χ1v) is 10.7. The summed E-state index contributed by atoms with van der Waals surface area (Å²) in [6.45, 7) is 9.72. The molecule has 2 aliphatic rings. The number of hydrogen-bond acceptors (Lipinski definition) is 4. The number of amides is 4. The number of likely N-dealkylation sites (N-methyl/N-ethyl adjacent to an activating group) is 1. The SMILES string of the molecule is CC1=CC(C)(C)N(C)c2cc(F)c(/C=C3/C(=O)NC(=O)N(c4cc(C)cc(C)c4)C3=O)cc21. The average Bonchev–Trinajstić information content (AvgIpc) is 2.69. The molecule has 0 aliphatic carbocycles. The first kappa shape index (κ1) is 22.5. The van der Waals surface area contributed by atoms with Crippen LogP contribution in [0.25, 0.3) is 11.6 Å². The maximum Gasteiger partial charge on any atom is 0.335 e. The number of carbonyl (C=O) groups excluding carboxylic acids is 3. The zero-order valence-electron chi connectivity index (χ0n) is 19.5. The minimum Gasteiger partial charge on any atom is -0.365 e. The van der Waals surface area contributed by atoms with Crippen molar-refractivity contribution in [2.45, 2.75) is 40.2 Å². The second-order valence-electron chi connectivity index (χ2n) is 9.23. The summed E-state index contributed by atoms with van der Waals surface area (Å²) in [5.41, 5.74) is 4.10. The predicted molar refractivity (Wildman–Crippen MR) is 127 cm³/mol. The Bertz CT molecular complexity index is 1270. The molecule has 4 rings (SSSR count). The highest BCUT2D eigenvalue weighted by atomic mass is 19.1. The van der Waals surface area contributed by atoms with Gasteiger partial charge in [0.2, 0.25) is 0 Å². The molecule has 2 aromatic carbocycles. The number of fused-ring (bicyclic) bond motifs is 1. The number of halogens is 1. The van der Waals surface area contributed by atoms with Crippen LogP contribution in [0.15, 0.2) is 42.0 Å². The lowest BCUT2D eigenvalue weighted by Crippen LogP contribution is -2.54. The molecule has 0 radical (unpaired) electrons. The van der Waals surface area contributed by atoms with E-state index in [4.69, 9.17) is 0 Å². The van der Waals surface area contributed by atoms with Gasteiger partial charge in [0, 0.05) is 23.9 Å². The van der Waals surface area contributed by atoms with E-state index in [1.165, 1.54) is 12.1 Å². The van der Waals surface area contributed by atoms with E-state index in [0.29, 0.717) is 5.69 Å². The quantitative estimate of drug-likeness (QED) is 0.533. The molecule has 2 aromatic rings. The van der Waals surface area contributed by atoms with Crippen molar-refractivity contribution >= 4 is 40.9 Å². The Labute approximate surface area is 192 Å². The fourth-order valence-corrected chi connectivity index (χ4v) is 4.43. The molecule has 6 nitrogen and oxygen atoms in total. The molecule has 0 aromatic heterocycles. The van der Waals surface area contributed by atoms with Gasteiger partial charge in [0.25, 0.3) is 11.8 Å². The summed E-state index contributed by atoms with van der Waals surface area (Å²) in [5.74, 6) is -2.21. The Hall–Kier alpha value is -3.74. The third kappa shape index (κ3) is 3.84. The summed E-state index contributed by atoms with van der Waals surface area (Å²) >= 11 is 0. The standard InChI is InChI=1S/C26H26FN3O3/c1-14-7-15(2)9-18(8-14)30-24(32)20(23(31)28-25(30)33)11-17-10-19-16(3)13-26(4,5)29(6)22(19)12-21(17)27/h7-13H,1-6H3,(H,28,31,33)/b20-11-. The topological polar surface area (TPSA) is 69.7 Å². The van der Waals surface area contributed by atoms with Crippen LogP contribution in [-0.4, -0.2) is 30.4 Å². The summed E-state index contributed by atoms with van der Waals surface area (Å²) < 4.78 is 15.1. The first-order chi connectivity index (χ1) is 15.4. The van der Waals surface area contributed by atoms with Gasteiger partial charge >= 0.3 is 6.03 Å². The number of imide groups is 2. The molecular weight excluding hydrogens is 421 g/mol. The summed E-state index contributed by atoms with van der Waals surface area (Å²) in [7, 11) is 1.89. The molecule has 1 saturated heterocycles. The highest BCUT2D eigenvalue weighted by Gasteiger charge is 2.37. The lowest BCUT2D eigenvalue weighted by Gasteiger charge is -2.40. The van der Waals surface area contributed by atoms with E-state index in [9.17, 15) is 14.4 Å². The molecule has 7 heteroatoms. The van der Waals surface area contributed by atoms with Gasteiger partial charge in [0.05, 0.1) is 11.2 Å². The van der Waals surface area contributed by atoms with Gasteiger partial charge in [-0.1, -0.05) is 12.1 Å². The van der Waals surface area contributed by atoms with E-state index >= 15 is 4.39 Å². The van der Waals surface area contributed by atoms with Crippen molar-refractivity contribution in [3.63, 3.8) is 0 Å². The monoisotopic (exact) mass is 447 g/mol. The Morgan fingerprint density at radius 2 is 1.61 bits per heavy atom. The Kier molecular flexibility index (Phi) is 5.23. The van der Waals surface area contributed by atoms with E-state index in [2.05, 4.69) is 11.4 Å². The molecule has 4 amide bonds. The van der Waals surface area contributed by atoms with Crippen molar-refractivity contribution in [3.8, 4) is 0 Å². The van der Waals surface area contributed by atoms with E-state index in [1.807, 2.05) is 52.6 Å². The molecule has 33 heavy (non-hydrogen) atoms. The van der Waals surface area contributed by atoms with Gasteiger partial charge in [-0.3, -0.25) is 14.9 Å². The van der Waals surface area contributed by atoms with Crippen LogP contribution in [0, 0.1) is 19.7 Å². The van der Waals surface area contributed by atoms with Crippen LogP contribution in [0.1, 0.15) is 43.0 Å². The van der Waals surface area contributed by atoms with Gasteiger partial charge in [-0.15, -0.1) is 0 Å². The van der Waals surface area contributed by atoms with E-state index in [-0.39, 0.29) is 16.7 Å². The van der Waals surface area contributed by atoms with Gasteiger partial charge in [-0.2, -0.15) is 0 Å². The van der Waals surface area contributed by atoms with Gasteiger partial charge < -0.3 is 4.90 Å². The number of nitrogens with zero attached hydrogens (tertiary/aromatic N) is 2. The Morgan fingerprint density at radius 3 is 2.24 bits per heavy atom. The number of rotatable bonds is 2. The highest BCUT2D eigenvalue weighted by molar-refractivity contribution is 6.39. The van der Waals surface area contributed by atoms with Crippen molar-refractivity contribution in [2.24, 2.45) is 0 Å². The molecule has 0 atom stereocenters. The Balaban J connectivity index is 1.80. The molecule has 0 unspecified atom stereocenters. The van der Waals surface area contributed by atoms with Crippen molar-refractivity contribution in [1.29, 1.82) is 0 Å². The normalized spacial score (nSPS) is 18.9. The molecule has 0 spiro atoms. The molecule has 170 valence electrons. The number of benzene rings is 2. The fraction of sp³-hybridized carbons (Fsp3) is 0.269. The van der Waals surface area contributed by atoms with Gasteiger partial charge in [0.15, 0.2) is 0 Å². The van der Waals surface area contributed by atoms with Crippen LogP contribution >= 0.6 is 0 Å². The minimum atomic E-state index is -0.853. The van der Waals surface area contributed by atoms with Crippen molar-refractivity contribution in [1.82, 2.24) is 5.32 Å². The van der Waals surface area contributed by atoms with Gasteiger partial charge in [-0.25, -0.2) is 14.1 Å². The zero-order valence-corrected chi connectivity index (χ0v) is 19.5. The maximum atomic E-state index is 15.1. The molecular formula is C26H26FN3O3. The van der Waals surface area contributed by atoms with E-state index < -0.39 is 23.7 Å². The molecule has 0 bridgehead atoms. The summed E-state index contributed by atoms with van der Waals surface area (Å²) in [4.78, 5) is 41.1. The highest BCUT2D eigenvalue weighted by Crippen LogP contribution is 2.39. The number of carbonyl (C=O) groups is 3. The van der Waals surface area contributed by atoms with E-state index in [0.717, 1.165) is 32.9 Å². The lowest BCUT2D eigenvalue weighted by molar-refractivity contribution is -0.122. The second-order valence-corrected chi connectivity index (χ2v) is 9.23. The molecule has 1 fully saturated rings. The minimum absolute atomic E-state index is 0.0998. The van der Waals surface area contributed by atoms with Crippen molar-refractivity contribution < 1.29 is 18.8 Å². The van der Waals surface area contributed by atoms with Crippen LogP contribution in [0.2, 0.25) is 0 Å². The number of barbiturate groups is 1. The smallest absolute Gasteiger partial charge is 0.335 e. The number of aryl methyl sites for hydroxylation is 2. The average molecular weight is 448 g/mol. The van der Waals surface area contributed by atoms with Gasteiger partial charge in [0.1, 0.15) is 11.4 Å². The van der Waals surface area contributed by atoms with Crippen LogP contribution < -0.4 is 15.1 Å². The van der Waals surface area contributed by atoms with Crippen molar-refractivity contribution in [3.05, 3.63) is 70.1 Å². The van der Waals surface area contributed by atoms with Gasteiger partial charge in [-0.05, 0) is 81.7 Å². The number of allylic oxidation sites excluding steroid dienone is 1. The molecule has 2 aliphatic heterocycles. The zero-order chi connectivity index (χ0) is 24.2. The van der Waals surface area contributed by atoms with Crippen LogP contribution in [-0.2, 0) is 9.59 Å². The van der Waals surface area contributed by atoms with Crippen LogP contribution in [0.4, 0.5) is 20.6 Å². The van der Waals surface area contributed by atoms with E-state index in [1.54, 1.807) is 18.2 Å². The molecule has 0 saturated carbocycles. The summed E-state index contributed by atoms with van der Waals surface area (Å²) in [6.07, 6.45) is 3.30.